The molecule has 0 bridgehead atoms. The molecule has 0 aliphatic carbocycles. The summed E-state index contributed by atoms with van der Waals surface area (Å²) in [4.78, 5) is 12.4. The van der Waals surface area contributed by atoms with Crippen molar-refractivity contribution in [3.8, 4) is 0 Å². The van der Waals surface area contributed by atoms with Crippen LogP contribution in [0.4, 0.5) is 11.4 Å². The predicted octanol–water partition coefficient (Wildman–Crippen LogP) is 6.22. The highest BCUT2D eigenvalue weighted by Gasteiger charge is 2.28. The lowest BCUT2D eigenvalue weighted by atomic mass is 10.1. The van der Waals surface area contributed by atoms with Crippen LogP contribution < -0.4 is 4.90 Å². The summed E-state index contributed by atoms with van der Waals surface area (Å²) in [7, 11) is 0. The third kappa shape index (κ3) is 4.76. The Kier molecular flexibility index (Phi) is 6.54. The zero-order chi connectivity index (χ0) is 20.9. The average Bonchev–Trinajstić information content (AvgIpc) is 3.22. The Hall–Kier alpha value is -2.58. The van der Waals surface area contributed by atoms with E-state index in [1.807, 2.05) is 42.7 Å². The fourth-order valence-corrected chi connectivity index (χ4v) is 4.38. The minimum atomic E-state index is 0.331. The molecule has 30 heavy (non-hydrogen) atoms. The number of pyridine rings is 1. The van der Waals surface area contributed by atoms with Gasteiger partial charge in [-0.3, -0.25) is 9.88 Å². The lowest BCUT2D eigenvalue weighted by molar-refractivity contribution is 0.324. The van der Waals surface area contributed by atoms with E-state index in [4.69, 9.17) is 29.8 Å². The molecule has 4 rings (SSSR count). The van der Waals surface area contributed by atoms with E-state index < -0.39 is 0 Å². The first-order chi connectivity index (χ1) is 14.6. The molecule has 1 atom stereocenters. The molecule has 0 amide bonds. The Morgan fingerprint density at radius 1 is 1.07 bits per heavy atom. The van der Waals surface area contributed by atoms with Crippen LogP contribution in [0.25, 0.3) is 4.85 Å². The molecule has 1 aliphatic rings. The maximum absolute atomic E-state index is 7.27. The van der Waals surface area contributed by atoms with Gasteiger partial charge in [-0.25, -0.2) is 4.85 Å². The van der Waals surface area contributed by atoms with Crippen molar-refractivity contribution in [3.05, 3.63) is 99.6 Å². The second-order valence-electron chi connectivity index (χ2n) is 7.50. The summed E-state index contributed by atoms with van der Waals surface area (Å²) in [6.07, 6.45) is 4.73. The summed E-state index contributed by atoms with van der Waals surface area (Å²) < 4.78 is 0. The average molecular weight is 437 g/mol. The number of benzene rings is 2. The summed E-state index contributed by atoms with van der Waals surface area (Å²) in [6.45, 7) is 10.9. The molecular formula is C24H22Cl2N4. The van der Waals surface area contributed by atoms with Crippen LogP contribution in [0.1, 0.15) is 17.5 Å². The van der Waals surface area contributed by atoms with E-state index in [1.165, 1.54) is 5.56 Å². The van der Waals surface area contributed by atoms with Crippen molar-refractivity contribution >= 4 is 34.6 Å². The van der Waals surface area contributed by atoms with Crippen LogP contribution in [0.15, 0.2) is 67.0 Å². The lowest BCUT2D eigenvalue weighted by Crippen LogP contribution is -2.37. The van der Waals surface area contributed by atoms with Gasteiger partial charge in [0.15, 0.2) is 0 Å². The molecule has 2 aromatic carbocycles. The largest absolute Gasteiger partial charge is 0.363 e. The second-order valence-corrected chi connectivity index (χ2v) is 8.31. The van der Waals surface area contributed by atoms with E-state index in [9.17, 15) is 0 Å². The molecule has 0 unspecified atom stereocenters. The normalized spacial score (nSPS) is 16.4. The molecule has 1 saturated heterocycles. The Labute approximate surface area is 187 Å². The number of aromatic nitrogens is 1. The van der Waals surface area contributed by atoms with Gasteiger partial charge in [0.2, 0.25) is 5.69 Å². The third-order valence-corrected chi connectivity index (χ3v) is 6.20. The molecule has 2 heterocycles. The number of anilines is 1. The molecule has 1 fully saturated rings. The van der Waals surface area contributed by atoms with E-state index >= 15 is 0 Å². The van der Waals surface area contributed by atoms with Gasteiger partial charge in [-0.05, 0) is 47.9 Å². The van der Waals surface area contributed by atoms with Crippen molar-refractivity contribution < 1.29 is 0 Å². The second kappa shape index (κ2) is 9.49. The summed E-state index contributed by atoms with van der Waals surface area (Å²) in [5.41, 5.74) is 3.84. The monoisotopic (exact) mass is 436 g/mol. The highest BCUT2D eigenvalue weighted by Crippen LogP contribution is 2.33. The molecule has 0 saturated carbocycles. The van der Waals surface area contributed by atoms with Gasteiger partial charge in [-0.15, -0.1) is 0 Å². The van der Waals surface area contributed by atoms with Gasteiger partial charge in [0, 0.05) is 60.3 Å². The van der Waals surface area contributed by atoms with Gasteiger partial charge in [0.05, 0.1) is 6.57 Å². The van der Waals surface area contributed by atoms with Crippen LogP contribution in [0.2, 0.25) is 10.0 Å². The van der Waals surface area contributed by atoms with Crippen LogP contribution in [0, 0.1) is 6.57 Å². The third-order valence-electron chi connectivity index (χ3n) is 5.53. The van der Waals surface area contributed by atoms with Crippen LogP contribution in [0.3, 0.4) is 0 Å². The number of rotatable bonds is 6. The fraction of sp³-hybridized carbons (Fsp3) is 0.250. The standard InChI is InChI=1S/C24H22Cl2N4/c1-27-24-7-6-20(14-23(24)26)30(16-19-4-2-3-5-22(19)25)21-10-13-29(17-21)15-18-8-11-28-12-9-18/h2-9,11-12,14,21H,10,13,15-17H2/t21-/m0/s1. The number of nitrogens with zero attached hydrogens (tertiary/aromatic N) is 4. The van der Waals surface area contributed by atoms with Gasteiger partial charge in [-0.1, -0.05) is 47.5 Å². The number of likely N-dealkylation sites (tertiary alicyclic amines) is 1. The first-order valence-corrected chi connectivity index (χ1v) is 10.7. The Morgan fingerprint density at radius 2 is 1.87 bits per heavy atom. The van der Waals surface area contributed by atoms with E-state index in [1.54, 1.807) is 6.07 Å². The molecule has 4 nitrogen and oxygen atoms in total. The summed E-state index contributed by atoms with van der Waals surface area (Å²) in [5, 5.41) is 1.25. The lowest BCUT2D eigenvalue weighted by Gasteiger charge is -2.32. The fourth-order valence-electron chi connectivity index (χ4n) is 3.96. The predicted molar refractivity (Wildman–Crippen MR) is 123 cm³/mol. The zero-order valence-corrected chi connectivity index (χ0v) is 18.0. The van der Waals surface area contributed by atoms with Gasteiger partial charge in [0.25, 0.3) is 0 Å². The smallest absolute Gasteiger partial charge is 0.205 e. The molecule has 1 aromatic heterocycles. The van der Waals surface area contributed by atoms with Crippen molar-refractivity contribution in [2.24, 2.45) is 0 Å². The van der Waals surface area contributed by atoms with Crippen molar-refractivity contribution in [2.45, 2.75) is 25.6 Å². The molecule has 3 aromatic rings. The Morgan fingerprint density at radius 3 is 2.60 bits per heavy atom. The Bertz CT molecular complexity index is 1050. The van der Waals surface area contributed by atoms with E-state index in [0.717, 1.165) is 42.3 Å². The van der Waals surface area contributed by atoms with Crippen molar-refractivity contribution in [2.75, 3.05) is 18.0 Å². The highest BCUT2D eigenvalue weighted by molar-refractivity contribution is 6.33. The topological polar surface area (TPSA) is 23.7 Å². The molecule has 0 spiro atoms. The minimum absolute atomic E-state index is 0.331. The first kappa shape index (κ1) is 20.7. The molecular weight excluding hydrogens is 415 g/mol. The minimum Gasteiger partial charge on any atom is -0.363 e. The first-order valence-electron chi connectivity index (χ1n) is 9.92. The van der Waals surface area contributed by atoms with E-state index in [-0.39, 0.29) is 0 Å². The van der Waals surface area contributed by atoms with Crippen LogP contribution in [-0.4, -0.2) is 29.0 Å². The number of halogens is 2. The van der Waals surface area contributed by atoms with Crippen LogP contribution >= 0.6 is 23.2 Å². The SMILES string of the molecule is [C-]#[N+]c1ccc(N(Cc2ccccc2Cl)[C@H]2CCN(Cc3ccncc3)C2)cc1Cl. The van der Waals surface area contributed by atoms with Crippen molar-refractivity contribution in [1.29, 1.82) is 0 Å². The summed E-state index contributed by atoms with van der Waals surface area (Å²) in [6, 6.07) is 18.1. The van der Waals surface area contributed by atoms with Crippen LogP contribution in [0.5, 0.6) is 0 Å². The molecule has 0 N–H and O–H groups in total. The van der Waals surface area contributed by atoms with Gasteiger partial charge < -0.3 is 4.90 Å². The van der Waals surface area contributed by atoms with Crippen molar-refractivity contribution in [3.63, 3.8) is 0 Å². The Balaban J connectivity index is 1.58. The molecule has 0 radical (unpaired) electrons. The number of hydrogen-bond donors (Lipinski definition) is 0. The summed E-state index contributed by atoms with van der Waals surface area (Å²) >= 11 is 12.8. The van der Waals surface area contributed by atoms with Gasteiger partial charge in [-0.2, -0.15) is 0 Å². The van der Waals surface area contributed by atoms with E-state index in [2.05, 4.69) is 37.8 Å². The maximum Gasteiger partial charge on any atom is 0.205 e. The maximum atomic E-state index is 7.27. The molecule has 6 heteroatoms. The van der Waals surface area contributed by atoms with E-state index in [0.29, 0.717) is 23.3 Å². The molecule has 1 aliphatic heterocycles. The zero-order valence-electron chi connectivity index (χ0n) is 16.5. The quantitative estimate of drug-likeness (QED) is 0.428. The summed E-state index contributed by atoms with van der Waals surface area (Å²) in [5.74, 6) is 0. The van der Waals surface area contributed by atoms with Crippen molar-refractivity contribution in [1.82, 2.24) is 9.88 Å². The molecule has 152 valence electrons. The highest BCUT2D eigenvalue weighted by atomic mass is 35.5. The van der Waals surface area contributed by atoms with Gasteiger partial charge in [0.1, 0.15) is 0 Å². The van der Waals surface area contributed by atoms with Gasteiger partial charge >= 0.3 is 0 Å². The number of hydrogen-bond acceptors (Lipinski definition) is 3. The van der Waals surface area contributed by atoms with Crippen LogP contribution in [-0.2, 0) is 13.1 Å².